The van der Waals surface area contributed by atoms with Gasteiger partial charge in [0.2, 0.25) is 0 Å². The predicted molar refractivity (Wildman–Crippen MR) is 119 cm³/mol. The van der Waals surface area contributed by atoms with Crippen LogP contribution in [0.25, 0.3) is 0 Å². The van der Waals surface area contributed by atoms with Gasteiger partial charge in [-0.3, -0.25) is 0 Å². The number of hydrogen-bond donors (Lipinski definition) is 0. The fourth-order valence-corrected chi connectivity index (χ4v) is 3.57. The molecule has 0 saturated carbocycles. The summed E-state index contributed by atoms with van der Waals surface area (Å²) < 4.78 is 46.4. The van der Waals surface area contributed by atoms with Crippen molar-refractivity contribution in [1.29, 1.82) is 0 Å². The van der Waals surface area contributed by atoms with E-state index in [9.17, 15) is 8.78 Å². The summed E-state index contributed by atoms with van der Waals surface area (Å²) in [7, 11) is 0. The molecule has 5 heteroatoms. The van der Waals surface area contributed by atoms with E-state index >= 15 is 0 Å². The monoisotopic (exact) mass is 428 g/mol. The largest absolute Gasteiger partial charge is 0.327 e. The Hall–Kier alpha value is -1.04. The third kappa shape index (κ3) is 8.99. The summed E-state index contributed by atoms with van der Waals surface area (Å²) in [5.74, 6) is -3.31. The second-order valence-electron chi connectivity index (χ2n) is 7.93. The lowest BCUT2D eigenvalue weighted by Gasteiger charge is -2.40. The molecule has 0 N–H and O–H groups in total. The molecule has 1 unspecified atom stereocenters. The third-order valence-corrected chi connectivity index (χ3v) is 5.14. The summed E-state index contributed by atoms with van der Waals surface area (Å²) in [5, 5.41) is 0. The van der Waals surface area contributed by atoms with Gasteiger partial charge in [0.15, 0.2) is 11.6 Å². The van der Waals surface area contributed by atoms with Crippen LogP contribution in [-0.2, 0) is 14.2 Å². The number of rotatable bonds is 18. The van der Waals surface area contributed by atoms with E-state index in [0.29, 0.717) is 25.4 Å². The van der Waals surface area contributed by atoms with E-state index in [0.717, 1.165) is 38.5 Å². The summed E-state index contributed by atoms with van der Waals surface area (Å²) in [4.78, 5) is 0. The minimum Gasteiger partial charge on any atom is -0.327 e. The molecule has 3 nitrogen and oxygen atoms in total. The number of ether oxygens (including phenoxy) is 3. The smallest absolute Gasteiger partial charge is 0.290 e. The number of unbranched alkanes of at least 4 members (excludes halogenated alkanes) is 5. The van der Waals surface area contributed by atoms with Crippen molar-refractivity contribution in [3.05, 3.63) is 35.4 Å². The molecule has 0 spiro atoms. The Kier molecular flexibility index (Phi) is 14.1. The van der Waals surface area contributed by atoms with Gasteiger partial charge in [-0.15, -0.1) is 0 Å². The molecular weight excluding hydrogens is 386 g/mol. The fraction of sp³-hybridized carbons (Fsp3) is 0.760. The summed E-state index contributed by atoms with van der Waals surface area (Å²) in [6.45, 7) is 9.73. The van der Waals surface area contributed by atoms with E-state index in [4.69, 9.17) is 14.2 Å². The van der Waals surface area contributed by atoms with Crippen molar-refractivity contribution >= 4 is 0 Å². The molecule has 1 atom stereocenters. The lowest BCUT2D eigenvalue weighted by Crippen LogP contribution is -2.46. The van der Waals surface area contributed by atoms with Crippen molar-refractivity contribution in [2.24, 2.45) is 0 Å². The highest BCUT2D eigenvalue weighted by molar-refractivity contribution is 5.23. The second-order valence-corrected chi connectivity index (χ2v) is 7.93. The molecule has 0 aromatic heterocycles. The van der Waals surface area contributed by atoms with Gasteiger partial charge in [0.1, 0.15) is 0 Å². The Balaban J connectivity index is 3.17. The molecular formula is C25H42F2O3. The van der Waals surface area contributed by atoms with Gasteiger partial charge in [-0.1, -0.05) is 72.3 Å². The molecule has 0 heterocycles. The van der Waals surface area contributed by atoms with Crippen LogP contribution in [0.15, 0.2) is 18.2 Å². The molecule has 0 aliphatic heterocycles. The first-order chi connectivity index (χ1) is 14.5. The molecule has 174 valence electrons. The summed E-state index contributed by atoms with van der Waals surface area (Å²) in [6.07, 6.45) is 10.1. The van der Waals surface area contributed by atoms with E-state index < -0.39 is 17.6 Å². The maximum Gasteiger partial charge on any atom is 0.290 e. The van der Waals surface area contributed by atoms with Crippen LogP contribution in [0.2, 0.25) is 0 Å². The lowest BCUT2D eigenvalue weighted by atomic mass is 9.90. The third-order valence-electron chi connectivity index (χ3n) is 5.14. The highest BCUT2D eigenvalue weighted by Gasteiger charge is 2.43. The van der Waals surface area contributed by atoms with Crippen LogP contribution in [-0.4, -0.2) is 25.8 Å². The van der Waals surface area contributed by atoms with Gasteiger partial charge in [0, 0.05) is 0 Å². The van der Waals surface area contributed by atoms with Crippen molar-refractivity contribution in [3.8, 4) is 0 Å². The normalized spacial score (nSPS) is 13.0. The van der Waals surface area contributed by atoms with Crippen molar-refractivity contribution in [2.75, 3.05) is 19.8 Å². The van der Waals surface area contributed by atoms with Gasteiger partial charge in [0.25, 0.3) is 5.97 Å². The van der Waals surface area contributed by atoms with E-state index in [-0.39, 0.29) is 5.92 Å². The molecule has 0 bridgehead atoms. The molecule has 0 saturated heterocycles. The SMILES string of the molecule is CCCCCCCCC(c1ccc(F)c(F)c1)C(OCCC)(OCCC)OCCC. The lowest BCUT2D eigenvalue weighted by molar-refractivity contribution is -0.392. The minimum absolute atomic E-state index is 0.330. The molecule has 0 amide bonds. The first-order valence-corrected chi connectivity index (χ1v) is 11.9. The van der Waals surface area contributed by atoms with Crippen LogP contribution in [0.4, 0.5) is 8.78 Å². The number of benzene rings is 1. The van der Waals surface area contributed by atoms with Gasteiger partial charge in [-0.2, -0.15) is 0 Å². The zero-order valence-electron chi connectivity index (χ0n) is 19.5. The Bertz CT molecular complexity index is 544. The topological polar surface area (TPSA) is 27.7 Å². The average molecular weight is 429 g/mol. The van der Waals surface area contributed by atoms with Crippen LogP contribution >= 0.6 is 0 Å². The van der Waals surface area contributed by atoms with Gasteiger partial charge >= 0.3 is 0 Å². The molecule has 0 aliphatic carbocycles. The van der Waals surface area contributed by atoms with Crippen molar-refractivity contribution in [1.82, 2.24) is 0 Å². The van der Waals surface area contributed by atoms with Gasteiger partial charge < -0.3 is 14.2 Å². The van der Waals surface area contributed by atoms with E-state index in [1.165, 1.54) is 37.8 Å². The van der Waals surface area contributed by atoms with Crippen molar-refractivity contribution < 1.29 is 23.0 Å². The maximum atomic E-state index is 14.1. The average Bonchev–Trinajstić information content (AvgIpc) is 2.75. The number of hydrogen-bond acceptors (Lipinski definition) is 3. The molecule has 1 aromatic carbocycles. The van der Waals surface area contributed by atoms with Crippen molar-refractivity contribution in [3.63, 3.8) is 0 Å². The molecule has 0 aliphatic rings. The highest BCUT2D eigenvalue weighted by atomic mass is 19.2. The molecule has 0 fully saturated rings. The first-order valence-electron chi connectivity index (χ1n) is 11.9. The Morgan fingerprint density at radius 3 is 1.73 bits per heavy atom. The summed E-state index contributed by atoms with van der Waals surface area (Å²) in [6, 6.07) is 4.09. The van der Waals surface area contributed by atoms with Crippen LogP contribution in [0.1, 0.15) is 103 Å². The van der Waals surface area contributed by atoms with E-state index in [1.807, 2.05) is 20.8 Å². The number of halogens is 2. The van der Waals surface area contributed by atoms with Crippen LogP contribution in [0.3, 0.4) is 0 Å². The molecule has 1 rings (SSSR count). The van der Waals surface area contributed by atoms with Gasteiger partial charge in [0.05, 0.1) is 25.7 Å². The molecule has 30 heavy (non-hydrogen) atoms. The van der Waals surface area contributed by atoms with Crippen molar-refractivity contribution in [2.45, 2.75) is 104 Å². The summed E-state index contributed by atoms with van der Waals surface area (Å²) >= 11 is 0. The Morgan fingerprint density at radius 2 is 1.23 bits per heavy atom. The van der Waals surface area contributed by atoms with Gasteiger partial charge in [-0.05, 0) is 43.4 Å². The quantitative estimate of drug-likeness (QED) is 0.177. The van der Waals surface area contributed by atoms with E-state index in [1.54, 1.807) is 6.07 Å². The van der Waals surface area contributed by atoms with Gasteiger partial charge in [-0.25, -0.2) is 8.78 Å². The van der Waals surface area contributed by atoms with E-state index in [2.05, 4.69) is 6.92 Å². The zero-order chi connectivity index (χ0) is 22.2. The maximum absolute atomic E-state index is 14.1. The molecule has 0 radical (unpaired) electrons. The predicted octanol–water partition coefficient (Wildman–Crippen LogP) is 7.73. The second kappa shape index (κ2) is 15.7. The molecule has 1 aromatic rings. The Morgan fingerprint density at radius 1 is 0.700 bits per heavy atom. The van der Waals surface area contributed by atoms with Crippen LogP contribution < -0.4 is 0 Å². The highest BCUT2D eigenvalue weighted by Crippen LogP contribution is 2.39. The minimum atomic E-state index is -1.28. The summed E-state index contributed by atoms with van der Waals surface area (Å²) in [5.41, 5.74) is 0.658. The van der Waals surface area contributed by atoms with Crippen LogP contribution in [0, 0.1) is 11.6 Å². The standard InChI is InChI=1S/C25H42F2O3/c1-5-9-10-11-12-13-14-22(21-15-16-23(26)24(27)20-21)25(28-17-6-2,29-18-7-3)30-19-8-4/h15-16,20,22H,5-14,17-19H2,1-4H3. The first kappa shape index (κ1) is 27.0. The zero-order valence-corrected chi connectivity index (χ0v) is 19.5. The van der Waals surface area contributed by atoms with Crippen LogP contribution in [0.5, 0.6) is 0 Å². The Labute approximate surface area is 182 Å². The fourth-order valence-electron chi connectivity index (χ4n) is 3.57.